The number of methoxy groups -OCH3 is 1. The molecule has 3 aromatic rings. The highest BCUT2D eigenvalue weighted by atomic mass is 35.5. The third-order valence-corrected chi connectivity index (χ3v) is 5.04. The Morgan fingerprint density at radius 3 is 2.50 bits per heavy atom. The average molecular weight is 423 g/mol. The molecule has 154 valence electrons. The highest BCUT2D eigenvalue weighted by molar-refractivity contribution is 6.34. The predicted molar refractivity (Wildman–Crippen MR) is 120 cm³/mol. The van der Waals surface area contributed by atoms with Crippen LogP contribution < -0.4 is 10.6 Å². The summed E-state index contributed by atoms with van der Waals surface area (Å²) in [6.45, 7) is 2.71. The van der Waals surface area contributed by atoms with Crippen molar-refractivity contribution >= 4 is 34.9 Å². The number of esters is 1. The van der Waals surface area contributed by atoms with E-state index in [0.29, 0.717) is 28.4 Å². The number of benzene rings is 3. The predicted octanol–water partition coefficient (Wildman–Crippen LogP) is 5.55. The van der Waals surface area contributed by atoms with Gasteiger partial charge in [-0.25, -0.2) is 4.79 Å². The molecular formula is C24H23ClN2O3. The van der Waals surface area contributed by atoms with Crippen molar-refractivity contribution in [2.24, 2.45) is 0 Å². The van der Waals surface area contributed by atoms with Crippen LogP contribution in [0.15, 0.2) is 66.7 Å². The first kappa shape index (κ1) is 21.4. The van der Waals surface area contributed by atoms with Crippen molar-refractivity contribution < 1.29 is 14.3 Å². The zero-order chi connectivity index (χ0) is 21.5. The second-order valence-electron chi connectivity index (χ2n) is 6.70. The van der Waals surface area contributed by atoms with E-state index < -0.39 is 5.97 Å². The number of hydrogen-bond donors (Lipinski definition) is 2. The summed E-state index contributed by atoms with van der Waals surface area (Å²) in [5.74, 6) is -0.808. The van der Waals surface area contributed by atoms with E-state index in [4.69, 9.17) is 16.3 Å². The van der Waals surface area contributed by atoms with Crippen LogP contribution in [-0.4, -0.2) is 19.0 Å². The molecule has 0 unspecified atom stereocenters. The normalized spacial score (nSPS) is 10.4. The van der Waals surface area contributed by atoms with Crippen LogP contribution in [0.25, 0.3) is 0 Å². The maximum Gasteiger partial charge on any atom is 0.337 e. The quantitative estimate of drug-likeness (QED) is 0.489. The van der Waals surface area contributed by atoms with Crippen molar-refractivity contribution in [2.45, 2.75) is 19.9 Å². The lowest BCUT2D eigenvalue weighted by atomic mass is 10.1. The first-order valence-corrected chi connectivity index (χ1v) is 9.99. The molecule has 0 aliphatic carbocycles. The van der Waals surface area contributed by atoms with E-state index in [1.165, 1.54) is 18.7 Å². The number of hydrogen-bond acceptors (Lipinski definition) is 4. The molecule has 5 nitrogen and oxygen atoms in total. The molecule has 3 rings (SSSR count). The van der Waals surface area contributed by atoms with Crippen molar-refractivity contribution in [3.05, 3.63) is 94.0 Å². The van der Waals surface area contributed by atoms with Crippen LogP contribution in [-0.2, 0) is 17.7 Å². The lowest BCUT2D eigenvalue weighted by Crippen LogP contribution is -2.14. The van der Waals surface area contributed by atoms with Gasteiger partial charge >= 0.3 is 5.97 Å². The number of ether oxygens (including phenoxy) is 1. The van der Waals surface area contributed by atoms with Crippen molar-refractivity contribution in [2.75, 3.05) is 17.7 Å². The lowest BCUT2D eigenvalue weighted by Gasteiger charge is -2.12. The number of aryl methyl sites for hydroxylation is 1. The van der Waals surface area contributed by atoms with E-state index in [9.17, 15) is 9.59 Å². The van der Waals surface area contributed by atoms with Gasteiger partial charge in [0, 0.05) is 17.8 Å². The number of anilines is 2. The third-order valence-electron chi connectivity index (χ3n) is 4.71. The van der Waals surface area contributed by atoms with Crippen molar-refractivity contribution in [1.82, 2.24) is 0 Å². The molecule has 0 heterocycles. The minimum absolute atomic E-state index is 0.310. The van der Waals surface area contributed by atoms with Gasteiger partial charge in [0.05, 0.1) is 23.4 Å². The Hall–Kier alpha value is -3.31. The van der Waals surface area contributed by atoms with Gasteiger partial charge in [-0.2, -0.15) is 0 Å². The second-order valence-corrected chi connectivity index (χ2v) is 7.11. The van der Waals surface area contributed by atoms with E-state index >= 15 is 0 Å². The van der Waals surface area contributed by atoms with Gasteiger partial charge < -0.3 is 15.4 Å². The highest BCUT2D eigenvalue weighted by Gasteiger charge is 2.13. The van der Waals surface area contributed by atoms with Gasteiger partial charge in [0.1, 0.15) is 0 Å². The van der Waals surface area contributed by atoms with Crippen LogP contribution in [0.5, 0.6) is 0 Å². The Morgan fingerprint density at radius 1 is 0.933 bits per heavy atom. The number of para-hydroxylation sites is 1. The molecule has 1 amide bonds. The summed E-state index contributed by atoms with van der Waals surface area (Å²) in [7, 11) is 1.30. The Morgan fingerprint density at radius 2 is 1.73 bits per heavy atom. The maximum absolute atomic E-state index is 12.7. The van der Waals surface area contributed by atoms with Crippen LogP contribution in [0.3, 0.4) is 0 Å². The van der Waals surface area contributed by atoms with Gasteiger partial charge in [-0.05, 0) is 53.9 Å². The summed E-state index contributed by atoms with van der Waals surface area (Å²) in [6, 6.07) is 20.1. The summed E-state index contributed by atoms with van der Waals surface area (Å²) < 4.78 is 4.71. The molecule has 0 aliphatic rings. The van der Waals surface area contributed by atoms with Crippen LogP contribution in [0.1, 0.15) is 38.8 Å². The molecule has 30 heavy (non-hydrogen) atoms. The summed E-state index contributed by atoms with van der Waals surface area (Å²) in [4.78, 5) is 24.5. The summed E-state index contributed by atoms with van der Waals surface area (Å²) >= 11 is 6.18. The average Bonchev–Trinajstić information content (AvgIpc) is 2.78. The number of halogens is 1. The minimum atomic E-state index is -0.498. The fourth-order valence-electron chi connectivity index (χ4n) is 3.08. The van der Waals surface area contributed by atoms with Gasteiger partial charge in [0.15, 0.2) is 0 Å². The highest BCUT2D eigenvalue weighted by Crippen LogP contribution is 2.24. The number of carbonyl (C=O) groups is 2. The zero-order valence-electron chi connectivity index (χ0n) is 16.9. The SMILES string of the molecule is CCc1ccccc1NCc1cccc(C(=O)Nc2cc(C(=O)OC)ccc2Cl)c1. The molecule has 0 aromatic heterocycles. The van der Waals surface area contributed by atoms with E-state index in [2.05, 4.69) is 23.6 Å². The van der Waals surface area contributed by atoms with Crippen LogP contribution in [0.2, 0.25) is 5.02 Å². The Bertz CT molecular complexity index is 1070. The summed E-state index contributed by atoms with van der Waals surface area (Å²) in [5.41, 5.74) is 4.46. The zero-order valence-corrected chi connectivity index (χ0v) is 17.6. The van der Waals surface area contributed by atoms with Crippen LogP contribution in [0, 0.1) is 0 Å². The number of amides is 1. The molecule has 6 heteroatoms. The van der Waals surface area contributed by atoms with Crippen molar-refractivity contribution in [3.8, 4) is 0 Å². The topological polar surface area (TPSA) is 67.4 Å². The second kappa shape index (κ2) is 9.94. The summed E-state index contributed by atoms with van der Waals surface area (Å²) in [6.07, 6.45) is 0.941. The van der Waals surface area contributed by atoms with Crippen LogP contribution in [0.4, 0.5) is 11.4 Å². The molecule has 0 saturated heterocycles. The lowest BCUT2D eigenvalue weighted by molar-refractivity contribution is 0.0600. The van der Waals surface area contributed by atoms with Gasteiger partial charge in [-0.1, -0.05) is 48.9 Å². The molecular weight excluding hydrogens is 400 g/mol. The van der Waals surface area contributed by atoms with E-state index in [1.807, 2.05) is 36.4 Å². The number of carbonyl (C=O) groups excluding carboxylic acids is 2. The van der Waals surface area contributed by atoms with Crippen LogP contribution >= 0.6 is 11.6 Å². The Labute approximate surface area is 181 Å². The van der Waals surface area contributed by atoms with Gasteiger partial charge in [-0.3, -0.25) is 4.79 Å². The molecule has 0 saturated carbocycles. The third kappa shape index (κ3) is 5.19. The van der Waals surface area contributed by atoms with Crippen molar-refractivity contribution in [3.63, 3.8) is 0 Å². The smallest absolute Gasteiger partial charge is 0.337 e. The fraction of sp³-hybridized carbons (Fsp3) is 0.167. The van der Waals surface area contributed by atoms with Gasteiger partial charge in [0.2, 0.25) is 0 Å². The van der Waals surface area contributed by atoms with Gasteiger partial charge in [0.25, 0.3) is 5.91 Å². The first-order valence-electron chi connectivity index (χ1n) is 9.61. The first-order chi connectivity index (χ1) is 14.5. The summed E-state index contributed by atoms with van der Waals surface area (Å²) in [5, 5.41) is 6.53. The molecule has 0 atom stereocenters. The number of rotatable bonds is 7. The van der Waals surface area contributed by atoms with E-state index in [-0.39, 0.29) is 5.91 Å². The Balaban J connectivity index is 1.73. The number of nitrogens with one attached hydrogen (secondary N) is 2. The monoisotopic (exact) mass is 422 g/mol. The Kier molecular flexibility index (Phi) is 7.09. The van der Waals surface area contributed by atoms with E-state index in [0.717, 1.165) is 17.7 Å². The molecule has 0 fully saturated rings. The fourth-order valence-corrected chi connectivity index (χ4v) is 3.25. The standard InChI is InChI=1S/C24H23ClN2O3/c1-3-17-8-4-5-10-21(17)26-15-16-7-6-9-18(13-16)23(28)27-22-14-19(24(29)30-2)11-12-20(22)25/h4-14,26H,3,15H2,1-2H3,(H,27,28). The molecule has 3 aromatic carbocycles. The van der Waals surface area contributed by atoms with E-state index in [1.54, 1.807) is 18.2 Å². The van der Waals surface area contributed by atoms with Crippen molar-refractivity contribution in [1.29, 1.82) is 0 Å². The minimum Gasteiger partial charge on any atom is -0.465 e. The molecule has 2 N–H and O–H groups in total. The largest absolute Gasteiger partial charge is 0.465 e. The molecule has 0 radical (unpaired) electrons. The molecule has 0 aliphatic heterocycles. The maximum atomic E-state index is 12.7. The van der Waals surface area contributed by atoms with Gasteiger partial charge in [-0.15, -0.1) is 0 Å². The molecule has 0 bridgehead atoms. The molecule has 0 spiro atoms.